The molecule has 0 spiro atoms. The molecule has 0 rings (SSSR count). The first-order chi connectivity index (χ1) is 5.26. The second-order valence-electron chi connectivity index (χ2n) is 2.70. The molecule has 0 bridgehead atoms. The maximum Gasteiger partial charge on any atom is 0.130 e. The van der Waals surface area contributed by atoms with Crippen molar-refractivity contribution < 1.29 is 10.2 Å². The SMILES string of the molecule is CCCN(CCC)C(O)CO. The van der Waals surface area contributed by atoms with Crippen LogP contribution in [0.4, 0.5) is 0 Å². The molecule has 2 N–H and O–H groups in total. The topological polar surface area (TPSA) is 43.7 Å². The van der Waals surface area contributed by atoms with E-state index in [1.165, 1.54) is 0 Å². The summed E-state index contributed by atoms with van der Waals surface area (Å²) in [6.45, 7) is 5.67. The van der Waals surface area contributed by atoms with E-state index in [2.05, 4.69) is 13.8 Å². The van der Waals surface area contributed by atoms with E-state index in [4.69, 9.17) is 5.11 Å². The molecule has 0 aliphatic carbocycles. The van der Waals surface area contributed by atoms with Gasteiger partial charge in [0.2, 0.25) is 0 Å². The van der Waals surface area contributed by atoms with E-state index in [0.717, 1.165) is 25.9 Å². The Balaban J connectivity index is 3.66. The summed E-state index contributed by atoms with van der Waals surface area (Å²) in [6, 6.07) is 0. The van der Waals surface area contributed by atoms with Crippen LogP contribution in [0, 0.1) is 0 Å². The van der Waals surface area contributed by atoms with Crippen molar-refractivity contribution in [1.82, 2.24) is 4.90 Å². The van der Waals surface area contributed by atoms with Crippen molar-refractivity contribution in [3.63, 3.8) is 0 Å². The van der Waals surface area contributed by atoms with Gasteiger partial charge in [0.15, 0.2) is 0 Å². The Hall–Kier alpha value is -0.120. The fourth-order valence-electron chi connectivity index (χ4n) is 1.10. The smallest absolute Gasteiger partial charge is 0.130 e. The molecule has 0 amide bonds. The van der Waals surface area contributed by atoms with Crippen molar-refractivity contribution in [1.29, 1.82) is 0 Å². The summed E-state index contributed by atoms with van der Waals surface area (Å²) < 4.78 is 0. The molecule has 3 heteroatoms. The van der Waals surface area contributed by atoms with Gasteiger partial charge in [0.25, 0.3) is 0 Å². The highest BCUT2D eigenvalue weighted by atomic mass is 16.3. The summed E-state index contributed by atoms with van der Waals surface area (Å²) in [5.74, 6) is 0. The van der Waals surface area contributed by atoms with Crippen molar-refractivity contribution in [3.05, 3.63) is 0 Å². The lowest BCUT2D eigenvalue weighted by Gasteiger charge is -2.25. The third-order valence-electron chi connectivity index (χ3n) is 1.61. The normalized spacial score (nSPS) is 13.9. The molecule has 0 saturated heterocycles. The fourth-order valence-corrected chi connectivity index (χ4v) is 1.10. The van der Waals surface area contributed by atoms with Gasteiger partial charge in [-0.05, 0) is 12.8 Å². The van der Waals surface area contributed by atoms with E-state index >= 15 is 0 Å². The minimum Gasteiger partial charge on any atom is -0.392 e. The number of aliphatic hydroxyl groups is 2. The van der Waals surface area contributed by atoms with E-state index in [-0.39, 0.29) is 6.61 Å². The first kappa shape index (κ1) is 10.9. The number of hydrogen-bond acceptors (Lipinski definition) is 3. The monoisotopic (exact) mass is 161 g/mol. The minimum atomic E-state index is -0.671. The fraction of sp³-hybridized carbons (Fsp3) is 1.00. The Morgan fingerprint density at radius 3 is 1.91 bits per heavy atom. The predicted molar refractivity (Wildman–Crippen MR) is 45.2 cm³/mol. The molecule has 0 fully saturated rings. The zero-order chi connectivity index (χ0) is 8.69. The third kappa shape index (κ3) is 4.35. The van der Waals surface area contributed by atoms with E-state index in [0.29, 0.717) is 0 Å². The molecule has 1 unspecified atom stereocenters. The van der Waals surface area contributed by atoms with E-state index < -0.39 is 6.23 Å². The molecular formula is C8H19NO2. The molecule has 3 nitrogen and oxygen atoms in total. The Morgan fingerprint density at radius 2 is 1.64 bits per heavy atom. The number of aliphatic hydroxyl groups excluding tert-OH is 2. The van der Waals surface area contributed by atoms with Crippen LogP contribution in [0.5, 0.6) is 0 Å². The highest BCUT2D eigenvalue weighted by Gasteiger charge is 2.11. The van der Waals surface area contributed by atoms with Gasteiger partial charge in [0.05, 0.1) is 6.61 Å². The van der Waals surface area contributed by atoms with Gasteiger partial charge in [-0.25, -0.2) is 0 Å². The molecule has 0 aromatic rings. The number of hydrogen-bond donors (Lipinski definition) is 2. The molecule has 0 saturated carbocycles. The zero-order valence-electron chi connectivity index (χ0n) is 7.45. The van der Waals surface area contributed by atoms with Gasteiger partial charge in [-0.15, -0.1) is 0 Å². The van der Waals surface area contributed by atoms with Gasteiger partial charge in [0.1, 0.15) is 6.23 Å². The van der Waals surface area contributed by atoms with E-state index in [1.54, 1.807) is 0 Å². The first-order valence-corrected chi connectivity index (χ1v) is 4.29. The Bertz CT molecular complexity index is 82.2. The molecule has 0 heterocycles. The van der Waals surface area contributed by atoms with Crippen LogP contribution >= 0.6 is 0 Å². The van der Waals surface area contributed by atoms with Crippen molar-refractivity contribution in [2.45, 2.75) is 32.9 Å². The van der Waals surface area contributed by atoms with Crippen LogP contribution < -0.4 is 0 Å². The molecule has 0 radical (unpaired) electrons. The minimum absolute atomic E-state index is 0.167. The van der Waals surface area contributed by atoms with Gasteiger partial charge in [-0.3, -0.25) is 4.90 Å². The highest BCUT2D eigenvalue weighted by Crippen LogP contribution is 1.98. The first-order valence-electron chi connectivity index (χ1n) is 4.29. The standard InChI is InChI=1S/C8H19NO2/c1-3-5-9(6-4-2)8(11)7-10/h8,10-11H,3-7H2,1-2H3. The molecule has 1 atom stereocenters. The van der Waals surface area contributed by atoms with Crippen LogP contribution in [0.3, 0.4) is 0 Å². The molecule has 0 aromatic carbocycles. The van der Waals surface area contributed by atoms with Crippen LogP contribution in [0.15, 0.2) is 0 Å². The predicted octanol–water partition coefficient (Wildman–Crippen LogP) is 0.419. The lowest BCUT2D eigenvalue weighted by atomic mass is 10.3. The van der Waals surface area contributed by atoms with Crippen LogP contribution in [0.2, 0.25) is 0 Å². The van der Waals surface area contributed by atoms with Crippen LogP contribution in [-0.2, 0) is 0 Å². The van der Waals surface area contributed by atoms with Crippen molar-refractivity contribution >= 4 is 0 Å². The largest absolute Gasteiger partial charge is 0.392 e. The molecule has 68 valence electrons. The molecule has 0 aliphatic rings. The van der Waals surface area contributed by atoms with Crippen LogP contribution in [-0.4, -0.2) is 41.0 Å². The van der Waals surface area contributed by atoms with Gasteiger partial charge in [0, 0.05) is 13.1 Å². The quantitative estimate of drug-likeness (QED) is 0.555. The summed E-state index contributed by atoms with van der Waals surface area (Å²) in [5, 5.41) is 17.9. The lowest BCUT2D eigenvalue weighted by molar-refractivity contribution is -0.0346. The number of nitrogens with zero attached hydrogens (tertiary/aromatic N) is 1. The summed E-state index contributed by atoms with van der Waals surface area (Å²) in [7, 11) is 0. The summed E-state index contributed by atoms with van der Waals surface area (Å²) in [5.41, 5.74) is 0. The summed E-state index contributed by atoms with van der Waals surface area (Å²) in [6.07, 6.45) is 1.35. The van der Waals surface area contributed by atoms with Gasteiger partial charge < -0.3 is 10.2 Å². The Kier molecular flexibility index (Phi) is 6.51. The summed E-state index contributed by atoms with van der Waals surface area (Å²) in [4.78, 5) is 1.89. The molecule has 0 aliphatic heterocycles. The lowest BCUT2D eigenvalue weighted by Crippen LogP contribution is -2.38. The van der Waals surface area contributed by atoms with Crippen molar-refractivity contribution in [3.8, 4) is 0 Å². The van der Waals surface area contributed by atoms with Gasteiger partial charge in [-0.2, -0.15) is 0 Å². The zero-order valence-corrected chi connectivity index (χ0v) is 7.45. The van der Waals surface area contributed by atoms with E-state index in [9.17, 15) is 5.11 Å². The number of rotatable bonds is 6. The third-order valence-corrected chi connectivity index (χ3v) is 1.61. The molecule has 0 aromatic heterocycles. The molecule has 11 heavy (non-hydrogen) atoms. The Labute approximate surface area is 68.6 Å². The molecular weight excluding hydrogens is 142 g/mol. The summed E-state index contributed by atoms with van der Waals surface area (Å²) >= 11 is 0. The van der Waals surface area contributed by atoms with Gasteiger partial charge >= 0.3 is 0 Å². The van der Waals surface area contributed by atoms with Crippen molar-refractivity contribution in [2.24, 2.45) is 0 Å². The van der Waals surface area contributed by atoms with E-state index in [1.807, 2.05) is 4.90 Å². The van der Waals surface area contributed by atoms with Crippen LogP contribution in [0.25, 0.3) is 0 Å². The van der Waals surface area contributed by atoms with Gasteiger partial charge in [-0.1, -0.05) is 13.8 Å². The Morgan fingerprint density at radius 1 is 1.18 bits per heavy atom. The maximum atomic E-state index is 9.26. The van der Waals surface area contributed by atoms with Crippen molar-refractivity contribution in [2.75, 3.05) is 19.7 Å². The van der Waals surface area contributed by atoms with Crippen LogP contribution in [0.1, 0.15) is 26.7 Å². The average molecular weight is 161 g/mol. The second kappa shape index (κ2) is 6.58. The average Bonchev–Trinajstić information content (AvgIpc) is 2.03. The second-order valence-corrected chi connectivity index (χ2v) is 2.70. The maximum absolute atomic E-state index is 9.26. The highest BCUT2D eigenvalue weighted by molar-refractivity contribution is 4.58.